The molecular formula is C14H17NO4. The Kier molecular flexibility index (Phi) is 3.57. The molecule has 5 heteroatoms. The topological polar surface area (TPSA) is 86.6 Å². The predicted octanol–water partition coefficient (Wildman–Crippen LogP) is 1.74. The van der Waals surface area contributed by atoms with Gasteiger partial charge in [0.25, 0.3) is 0 Å². The van der Waals surface area contributed by atoms with Crippen LogP contribution in [0.25, 0.3) is 0 Å². The van der Waals surface area contributed by atoms with E-state index in [0.29, 0.717) is 13.0 Å². The van der Waals surface area contributed by atoms with Crippen LogP contribution in [0, 0.1) is 19.8 Å². The summed E-state index contributed by atoms with van der Waals surface area (Å²) in [6.45, 7) is 4.11. The Morgan fingerprint density at radius 2 is 1.89 bits per heavy atom. The first-order valence-electron chi connectivity index (χ1n) is 6.20. The van der Waals surface area contributed by atoms with Crippen LogP contribution >= 0.6 is 0 Å². The number of aromatic carboxylic acids is 1. The van der Waals surface area contributed by atoms with Crippen molar-refractivity contribution in [1.82, 2.24) is 5.32 Å². The number of carbonyl (C=O) groups is 2. The highest BCUT2D eigenvalue weighted by Gasteiger charge is 2.31. The summed E-state index contributed by atoms with van der Waals surface area (Å²) in [7, 11) is 0. The third-order valence-electron chi connectivity index (χ3n) is 3.70. The molecule has 0 amide bonds. The zero-order valence-electron chi connectivity index (χ0n) is 10.9. The van der Waals surface area contributed by atoms with Crippen LogP contribution in [0.3, 0.4) is 0 Å². The molecule has 0 aromatic heterocycles. The highest BCUT2D eigenvalue weighted by atomic mass is 16.4. The van der Waals surface area contributed by atoms with Gasteiger partial charge in [-0.2, -0.15) is 0 Å². The second-order valence-corrected chi connectivity index (χ2v) is 5.06. The first kappa shape index (κ1) is 13.5. The van der Waals surface area contributed by atoms with Gasteiger partial charge in [-0.05, 0) is 43.0 Å². The fourth-order valence-corrected chi connectivity index (χ4v) is 2.64. The number of aliphatic carboxylic acids is 1. The van der Waals surface area contributed by atoms with Crippen LogP contribution in [-0.2, 0) is 4.79 Å². The smallest absolute Gasteiger partial charge is 0.335 e. The fraction of sp³-hybridized carbons (Fsp3) is 0.429. The van der Waals surface area contributed by atoms with E-state index in [0.717, 1.165) is 16.7 Å². The lowest BCUT2D eigenvalue weighted by molar-refractivity contribution is -0.141. The molecule has 1 saturated heterocycles. The van der Waals surface area contributed by atoms with Gasteiger partial charge in [-0.1, -0.05) is 6.07 Å². The molecule has 5 nitrogen and oxygen atoms in total. The van der Waals surface area contributed by atoms with Gasteiger partial charge in [0.05, 0.1) is 11.5 Å². The number of hydrogen-bond donors (Lipinski definition) is 3. The molecule has 1 aliphatic heterocycles. The minimum absolute atomic E-state index is 0.0835. The number of nitrogens with one attached hydrogen (secondary N) is 1. The number of aryl methyl sites for hydroxylation is 2. The molecule has 1 aromatic carbocycles. The Morgan fingerprint density at radius 3 is 2.42 bits per heavy atom. The highest BCUT2D eigenvalue weighted by molar-refractivity contribution is 5.89. The van der Waals surface area contributed by atoms with Crippen molar-refractivity contribution in [2.24, 2.45) is 5.92 Å². The van der Waals surface area contributed by atoms with E-state index in [-0.39, 0.29) is 11.6 Å². The lowest BCUT2D eigenvalue weighted by atomic mass is 9.93. The molecular weight excluding hydrogens is 246 g/mol. The van der Waals surface area contributed by atoms with Crippen molar-refractivity contribution in [3.8, 4) is 0 Å². The molecule has 19 heavy (non-hydrogen) atoms. The van der Waals surface area contributed by atoms with Crippen LogP contribution in [0.15, 0.2) is 12.1 Å². The van der Waals surface area contributed by atoms with E-state index in [9.17, 15) is 9.59 Å². The van der Waals surface area contributed by atoms with Gasteiger partial charge in [-0.15, -0.1) is 0 Å². The van der Waals surface area contributed by atoms with Crippen molar-refractivity contribution in [2.75, 3.05) is 6.54 Å². The van der Waals surface area contributed by atoms with Gasteiger partial charge in [0.1, 0.15) is 0 Å². The maximum Gasteiger partial charge on any atom is 0.335 e. The van der Waals surface area contributed by atoms with Crippen LogP contribution in [-0.4, -0.2) is 28.7 Å². The summed E-state index contributed by atoms with van der Waals surface area (Å²) in [5.74, 6) is -2.16. The third-order valence-corrected chi connectivity index (χ3v) is 3.70. The molecule has 2 unspecified atom stereocenters. The number of benzene rings is 1. The first-order chi connectivity index (χ1) is 8.90. The highest BCUT2D eigenvalue weighted by Crippen LogP contribution is 2.31. The lowest BCUT2D eigenvalue weighted by Gasteiger charge is -2.16. The molecule has 0 aliphatic carbocycles. The van der Waals surface area contributed by atoms with E-state index in [1.54, 1.807) is 13.0 Å². The Morgan fingerprint density at radius 1 is 1.21 bits per heavy atom. The molecule has 1 aromatic rings. The summed E-state index contributed by atoms with van der Waals surface area (Å²) in [6.07, 6.45) is 0.498. The average Bonchev–Trinajstić information content (AvgIpc) is 2.77. The standard InChI is InChI=1S/C14H17NO4/c1-7-3-8(2)11(14(18)19)5-10(7)12-4-9(6-15-12)13(16)17/h3,5,9,12,15H,4,6H2,1-2H3,(H,16,17)(H,18,19). The predicted molar refractivity (Wildman–Crippen MR) is 69.4 cm³/mol. The zero-order chi connectivity index (χ0) is 14.2. The number of carboxylic acids is 2. The molecule has 1 aliphatic rings. The lowest BCUT2D eigenvalue weighted by Crippen LogP contribution is -2.18. The van der Waals surface area contributed by atoms with Gasteiger partial charge in [0, 0.05) is 12.6 Å². The van der Waals surface area contributed by atoms with Crippen LogP contribution in [0.1, 0.15) is 39.5 Å². The maximum atomic E-state index is 11.2. The fourth-order valence-electron chi connectivity index (χ4n) is 2.64. The molecule has 2 rings (SSSR count). The van der Waals surface area contributed by atoms with E-state index in [4.69, 9.17) is 10.2 Å². The monoisotopic (exact) mass is 263 g/mol. The van der Waals surface area contributed by atoms with E-state index in [1.165, 1.54) is 0 Å². The van der Waals surface area contributed by atoms with Crippen molar-refractivity contribution in [1.29, 1.82) is 0 Å². The van der Waals surface area contributed by atoms with Crippen LogP contribution in [0.5, 0.6) is 0 Å². The first-order valence-corrected chi connectivity index (χ1v) is 6.20. The second kappa shape index (κ2) is 5.01. The molecule has 2 atom stereocenters. The van der Waals surface area contributed by atoms with E-state index in [2.05, 4.69) is 5.32 Å². The van der Waals surface area contributed by atoms with Crippen molar-refractivity contribution in [3.63, 3.8) is 0 Å². The molecule has 102 valence electrons. The quantitative estimate of drug-likeness (QED) is 0.773. The van der Waals surface area contributed by atoms with Gasteiger partial charge in [-0.3, -0.25) is 4.79 Å². The molecule has 1 heterocycles. The molecule has 0 radical (unpaired) electrons. The molecule has 0 bridgehead atoms. The minimum atomic E-state index is -0.952. The molecule has 1 fully saturated rings. The van der Waals surface area contributed by atoms with Gasteiger partial charge in [-0.25, -0.2) is 4.79 Å². The van der Waals surface area contributed by atoms with E-state index < -0.39 is 17.9 Å². The number of carboxylic acid groups (broad SMARTS) is 2. The largest absolute Gasteiger partial charge is 0.481 e. The Bertz CT molecular complexity index is 538. The average molecular weight is 263 g/mol. The summed E-state index contributed by atoms with van der Waals surface area (Å²) < 4.78 is 0. The second-order valence-electron chi connectivity index (χ2n) is 5.06. The van der Waals surface area contributed by atoms with Crippen molar-refractivity contribution in [2.45, 2.75) is 26.3 Å². The van der Waals surface area contributed by atoms with Gasteiger partial charge >= 0.3 is 11.9 Å². The number of rotatable bonds is 3. The van der Waals surface area contributed by atoms with Crippen molar-refractivity contribution >= 4 is 11.9 Å². The van der Waals surface area contributed by atoms with Gasteiger partial charge in [0.15, 0.2) is 0 Å². The summed E-state index contributed by atoms with van der Waals surface area (Å²) in [6, 6.07) is 3.42. The Balaban J connectivity index is 2.33. The number of hydrogen-bond acceptors (Lipinski definition) is 3. The van der Waals surface area contributed by atoms with Gasteiger partial charge < -0.3 is 15.5 Å². The minimum Gasteiger partial charge on any atom is -0.481 e. The van der Waals surface area contributed by atoms with Gasteiger partial charge in [0.2, 0.25) is 0 Å². The van der Waals surface area contributed by atoms with Crippen molar-refractivity contribution in [3.05, 3.63) is 34.4 Å². The van der Waals surface area contributed by atoms with Crippen LogP contribution in [0.2, 0.25) is 0 Å². The SMILES string of the molecule is Cc1cc(C)c(C2CC(C(=O)O)CN2)cc1C(=O)O. The Hall–Kier alpha value is -1.88. The maximum absolute atomic E-state index is 11.2. The summed E-state index contributed by atoms with van der Waals surface area (Å²) in [5.41, 5.74) is 2.88. The van der Waals surface area contributed by atoms with Crippen LogP contribution < -0.4 is 5.32 Å². The third kappa shape index (κ3) is 2.61. The molecule has 0 spiro atoms. The van der Waals surface area contributed by atoms with E-state index in [1.807, 2.05) is 13.0 Å². The zero-order valence-corrected chi connectivity index (χ0v) is 10.9. The van der Waals surface area contributed by atoms with Crippen LogP contribution in [0.4, 0.5) is 0 Å². The molecule has 3 N–H and O–H groups in total. The van der Waals surface area contributed by atoms with Crippen molar-refractivity contribution < 1.29 is 19.8 Å². The van der Waals surface area contributed by atoms with E-state index >= 15 is 0 Å². The Labute approximate surface area is 111 Å². The summed E-state index contributed by atoms with van der Waals surface area (Å²) in [5, 5.41) is 21.3. The summed E-state index contributed by atoms with van der Waals surface area (Å²) in [4.78, 5) is 22.1. The summed E-state index contributed by atoms with van der Waals surface area (Å²) >= 11 is 0. The molecule has 0 saturated carbocycles. The normalized spacial score (nSPS) is 22.4.